The van der Waals surface area contributed by atoms with E-state index in [1.54, 1.807) is 0 Å². The van der Waals surface area contributed by atoms with Gasteiger partial charge in [0.1, 0.15) is 6.04 Å². The third-order valence-corrected chi connectivity index (χ3v) is 4.16. The van der Waals surface area contributed by atoms with Crippen molar-refractivity contribution in [2.45, 2.75) is 26.3 Å². The van der Waals surface area contributed by atoms with Gasteiger partial charge in [0.2, 0.25) is 0 Å². The van der Waals surface area contributed by atoms with Crippen molar-refractivity contribution in [3.63, 3.8) is 0 Å². The minimum atomic E-state index is 0.484. The van der Waals surface area contributed by atoms with Crippen molar-refractivity contribution in [1.29, 1.82) is 0 Å². The second-order valence-electron chi connectivity index (χ2n) is 6.62. The normalized spacial score (nSPS) is 13.2. The average Bonchev–Trinajstić information content (AvgIpc) is 2.38. The molecule has 20 heavy (non-hydrogen) atoms. The molecule has 1 atom stereocenters. The SMILES string of the molecule is Cc1ccccc1C[C@@H](c1ccccc1C)[N+](C)(C)C. The van der Waals surface area contributed by atoms with Crippen LogP contribution in [0.3, 0.4) is 0 Å². The fourth-order valence-electron chi connectivity index (χ4n) is 2.81. The van der Waals surface area contributed by atoms with Gasteiger partial charge in [-0.15, -0.1) is 0 Å². The molecule has 2 aromatic carbocycles. The summed E-state index contributed by atoms with van der Waals surface area (Å²) in [6.07, 6.45) is 1.08. The number of rotatable bonds is 4. The van der Waals surface area contributed by atoms with Gasteiger partial charge in [0.05, 0.1) is 21.1 Å². The minimum absolute atomic E-state index is 0.484. The molecule has 0 aliphatic rings. The van der Waals surface area contributed by atoms with Crippen LogP contribution in [-0.4, -0.2) is 25.6 Å². The number of hydrogen-bond acceptors (Lipinski definition) is 0. The predicted molar refractivity (Wildman–Crippen MR) is 86.8 cm³/mol. The zero-order valence-corrected chi connectivity index (χ0v) is 13.4. The van der Waals surface area contributed by atoms with Crippen LogP contribution < -0.4 is 0 Å². The lowest BCUT2D eigenvalue weighted by atomic mass is 9.92. The Morgan fingerprint density at radius 2 is 1.35 bits per heavy atom. The van der Waals surface area contributed by atoms with Gasteiger partial charge >= 0.3 is 0 Å². The van der Waals surface area contributed by atoms with Crippen molar-refractivity contribution >= 4 is 0 Å². The molecule has 2 rings (SSSR count). The smallest absolute Gasteiger partial charge is 0.118 e. The highest BCUT2D eigenvalue weighted by Gasteiger charge is 2.27. The molecule has 0 fully saturated rings. The van der Waals surface area contributed by atoms with Gasteiger partial charge in [0, 0.05) is 12.0 Å². The lowest BCUT2D eigenvalue weighted by Crippen LogP contribution is -2.40. The number of aryl methyl sites for hydroxylation is 2. The van der Waals surface area contributed by atoms with Crippen molar-refractivity contribution in [3.05, 3.63) is 70.8 Å². The molecule has 0 saturated carbocycles. The molecular weight excluding hydrogens is 242 g/mol. The second kappa shape index (κ2) is 5.80. The first-order chi connectivity index (χ1) is 9.39. The molecule has 0 heterocycles. The van der Waals surface area contributed by atoms with Crippen molar-refractivity contribution in [3.8, 4) is 0 Å². The van der Waals surface area contributed by atoms with Crippen LogP contribution in [0.5, 0.6) is 0 Å². The quantitative estimate of drug-likeness (QED) is 0.726. The molecule has 0 spiro atoms. The van der Waals surface area contributed by atoms with Gasteiger partial charge in [0.25, 0.3) is 0 Å². The van der Waals surface area contributed by atoms with Crippen LogP contribution >= 0.6 is 0 Å². The Bertz CT molecular complexity index is 578. The lowest BCUT2D eigenvalue weighted by Gasteiger charge is -2.35. The van der Waals surface area contributed by atoms with Gasteiger partial charge < -0.3 is 4.48 Å². The molecule has 2 aromatic rings. The topological polar surface area (TPSA) is 0 Å². The van der Waals surface area contributed by atoms with E-state index in [1.165, 1.54) is 22.3 Å². The van der Waals surface area contributed by atoms with Crippen LogP contribution in [0, 0.1) is 13.8 Å². The highest BCUT2D eigenvalue weighted by molar-refractivity contribution is 5.32. The van der Waals surface area contributed by atoms with Crippen molar-refractivity contribution in [2.24, 2.45) is 0 Å². The molecule has 0 unspecified atom stereocenters. The molecule has 0 radical (unpaired) electrons. The van der Waals surface area contributed by atoms with E-state index in [0.717, 1.165) is 10.9 Å². The highest BCUT2D eigenvalue weighted by Crippen LogP contribution is 2.30. The van der Waals surface area contributed by atoms with Crippen LogP contribution in [0.25, 0.3) is 0 Å². The third-order valence-electron chi connectivity index (χ3n) is 4.16. The molecule has 0 aliphatic carbocycles. The monoisotopic (exact) mass is 268 g/mol. The number of likely N-dealkylation sites (N-methyl/N-ethyl adjacent to an activating group) is 1. The molecule has 106 valence electrons. The highest BCUT2D eigenvalue weighted by atomic mass is 15.3. The third kappa shape index (κ3) is 3.29. The van der Waals surface area contributed by atoms with E-state index >= 15 is 0 Å². The van der Waals surface area contributed by atoms with E-state index in [1.807, 2.05) is 0 Å². The van der Waals surface area contributed by atoms with Crippen LogP contribution in [0.1, 0.15) is 28.3 Å². The summed E-state index contributed by atoms with van der Waals surface area (Å²) in [6, 6.07) is 18.0. The molecule has 0 amide bonds. The summed E-state index contributed by atoms with van der Waals surface area (Å²) in [7, 11) is 6.86. The predicted octanol–water partition coefficient (Wildman–Crippen LogP) is 4.29. The Morgan fingerprint density at radius 3 is 1.90 bits per heavy atom. The molecule has 0 aliphatic heterocycles. The summed E-state index contributed by atoms with van der Waals surface area (Å²) in [5, 5.41) is 0. The summed E-state index contributed by atoms with van der Waals surface area (Å²) in [5.74, 6) is 0. The van der Waals surface area contributed by atoms with Crippen molar-refractivity contribution in [1.82, 2.24) is 0 Å². The van der Waals surface area contributed by atoms with Gasteiger partial charge in [0.15, 0.2) is 0 Å². The van der Waals surface area contributed by atoms with Gasteiger partial charge in [-0.2, -0.15) is 0 Å². The minimum Gasteiger partial charge on any atom is -0.324 e. The maximum absolute atomic E-state index is 2.29. The van der Waals surface area contributed by atoms with Crippen LogP contribution in [0.15, 0.2) is 48.5 Å². The number of nitrogens with zero attached hydrogens (tertiary/aromatic N) is 1. The van der Waals surface area contributed by atoms with E-state index in [4.69, 9.17) is 0 Å². The number of quaternary nitrogens is 1. The summed E-state index contributed by atoms with van der Waals surface area (Å²) in [4.78, 5) is 0. The summed E-state index contributed by atoms with van der Waals surface area (Å²) >= 11 is 0. The zero-order valence-electron chi connectivity index (χ0n) is 13.4. The Kier molecular flexibility index (Phi) is 4.29. The summed E-state index contributed by atoms with van der Waals surface area (Å²) in [5.41, 5.74) is 5.69. The zero-order chi connectivity index (χ0) is 14.8. The average molecular weight is 268 g/mol. The largest absolute Gasteiger partial charge is 0.324 e. The fourth-order valence-corrected chi connectivity index (χ4v) is 2.81. The van der Waals surface area contributed by atoms with Crippen molar-refractivity contribution in [2.75, 3.05) is 21.1 Å². The maximum Gasteiger partial charge on any atom is 0.118 e. The van der Waals surface area contributed by atoms with E-state index in [9.17, 15) is 0 Å². The molecule has 0 bridgehead atoms. The Balaban J connectivity index is 2.40. The maximum atomic E-state index is 2.29. The molecule has 0 N–H and O–H groups in total. The molecule has 0 saturated heterocycles. The first-order valence-electron chi connectivity index (χ1n) is 7.31. The Labute approximate surface area is 123 Å². The molecular formula is C19H26N+. The van der Waals surface area contributed by atoms with Gasteiger partial charge in [-0.25, -0.2) is 0 Å². The van der Waals surface area contributed by atoms with Crippen LogP contribution in [0.4, 0.5) is 0 Å². The van der Waals surface area contributed by atoms with Gasteiger partial charge in [-0.05, 0) is 30.5 Å². The van der Waals surface area contributed by atoms with E-state index < -0.39 is 0 Å². The summed E-state index contributed by atoms with van der Waals surface area (Å²) < 4.78 is 0.944. The van der Waals surface area contributed by atoms with E-state index in [2.05, 4.69) is 83.5 Å². The van der Waals surface area contributed by atoms with E-state index in [0.29, 0.717) is 6.04 Å². The second-order valence-corrected chi connectivity index (χ2v) is 6.62. The number of benzene rings is 2. The molecule has 0 aromatic heterocycles. The van der Waals surface area contributed by atoms with Crippen LogP contribution in [-0.2, 0) is 6.42 Å². The molecule has 1 nitrogen and oxygen atoms in total. The van der Waals surface area contributed by atoms with Crippen molar-refractivity contribution < 1.29 is 4.48 Å². The molecule has 1 heteroatoms. The van der Waals surface area contributed by atoms with Gasteiger partial charge in [-0.3, -0.25) is 0 Å². The lowest BCUT2D eigenvalue weighted by molar-refractivity contribution is -0.902. The van der Waals surface area contributed by atoms with E-state index in [-0.39, 0.29) is 0 Å². The Morgan fingerprint density at radius 1 is 0.800 bits per heavy atom. The first kappa shape index (κ1) is 14.8. The van der Waals surface area contributed by atoms with Crippen LogP contribution in [0.2, 0.25) is 0 Å². The fraction of sp³-hybridized carbons (Fsp3) is 0.368. The Hall–Kier alpha value is -1.60. The van der Waals surface area contributed by atoms with Gasteiger partial charge in [-0.1, -0.05) is 48.5 Å². The first-order valence-corrected chi connectivity index (χ1v) is 7.31. The summed E-state index contributed by atoms with van der Waals surface area (Å²) in [6.45, 7) is 4.43. The standard InChI is InChI=1S/C19H26N/c1-15-10-6-8-12-17(15)14-19(20(3,4)5)18-13-9-7-11-16(18)2/h6-13,19H,14H2,1-5H3/q+1/t19-/m0/s1. The number of hydrogen-bond donors (Lipinski definition) is 0.